The van der Waals surface area contributed by atoms with E-state index in [1.165, 1.54) is 24.3 Å². The van der Waals surface area contributed by atoms with Crippen LogP contribution in [-0.2, 0) is 41.8 Å². The Morgan fingerprint density at radius 3 is 2.15 bits per heavy atom. The molecule has 2 atom stereocenters. The lowest BCUT2D eigenvalue weighted by molar-refractivity contribution is -0.138. The summed E-state index contributed by atoms with van der Waals surface area (Å²) < 4.78 is 41.5. The first-order valence-electron chi connectivity index (χ1n) is 11.9. The number of benzene rings is 2. The first-order valence-corrected chi connectivity index (χ1v) is 15.3. The zero-order valence-electron chi connectivity index (χ0n) is 21.1. The summed E-state index contributed by atoms with van der Waals surface area (Å²) in [5.74, 6) is -2.77. The molecule has 214 valence electrons. The van der Waals surface area contributed by atoms with E-state index >= 15 is 0 Å². The first kappa shape index (κ1) is 31.9. The molecule has 15 heteroatoms. The molecule has 0 radical (unpaired) electrons. The number of carboxylic acid groups (broad SMARTS) is 1. The topological polar surface area (TPSA) is 208 Å². The molecule has 0 unspecified atom stereocenters. The van der Waals surface area contributed by atoms with Crippen molar-refractivity contribution < 1.29 is 46.8 Å². The second-order valence-corrected chi connectivity index (χ2v) is 11.7. The fourth-order valence-electron chi connectivity index (χ4n) is 3.59. The number of aliphatic carboxylic acids is 1. The third kappa shape index (κ3) is 13.4. The Hall–Kier alpha value is -3.29. The Labute approximate surface area is 226 Å². The van der Waals surface area contributed by atoms with Gasteiger partial charge in [-0.25, -0.2) is 17.7 Å². The number of sulfonamides is 1. The normalized spacial score (nSPS) is 13.2. The van der Waals surface area contributed by atoms with Gasteiger partial charge in [-0.1, -0.05) is 42.5 Å². The zero-order chi connectivity index (χ0) is 29.1. The molecule has 0 aliphatic heterocycles. The van der Waals surface area contributed by atoms with Gasteiger partial charge in [0.15, 0.2) is 0 Å². The van der Waals surface area contributed by atoms with E-state index in [4.69, 9.17) is 14.9 Å². The Kier molecular flexibility index (Phi) is 12.1. The van der Waals surface area contributed by atoms with Gasteiger partial charge in [-0.05, 0) is 48.9 Å². The molecule has 39 heavy (non-hydrogen) atoms. The predicted molar refractivity (Wildman–Crippen MR) is 141 cm³/mol. The molecule has 2 aromatic rings. The summed E-state index contributed by atoms with van der Waals surface area (Å²) in [5.41, 5.74) is 1.50. The van der Waals surface area contributed by atoms with Crippen molar-refractivity contribution in [2.75, 3.05) is 12.8 Å². The first-order chi connectivity index (χ1) is 18.2. The Balaban J connectivity index is 2.08. The number of phosphoric acid groups is 1. The van der Waals surface area contributed by atoms with Crippen LogP contribution in [0.25, 0.3) is 0 Å². The number of nitrogens with one attached hydrogen (secondary N) is 3. The van der Waals surface area contributed by atoms with Gasteiger partial charge in [0.1, 0.15) is 17.8 Å². The fourth-order valence-corrected chi connectivity index (χ4v) is 4.69. The van der Waals surface area contributed by atoms with Crippen molar-refractivity contribution in [1.29, 1.82) is 0 Å². The van der Waals surface area contributed by atoms with Crippen molar-refractivity contribution in [2.24, 2.45) is 0 Å². The molecular formula is C24H32N3O10PS. The van der Waals surface area contributed by atoms with Crippen LogP contribution in [0.15, 0.2) is 54.6 Å². The van der Waals surface area contributed by atoms with Crippen LogP contribution in [-0.4, -0.2) is 66.0 Å². The maximum Gasteiger partial charge on any atom is 0.524 e. The molecule has 0 saturated carbocycles. The van der Waals surface area contributed by atoms with Gasteiger partial charge >= 0.3 is 13.8 Å². The largest absolute Gasteiger partial charge is 0.524 e. The third-order valence-electron chi connectivity index (χ3n) is 5.32. The third-order valence-corrected chi connectivity index (χ3v) is 6.49. The van der Waals surface area contributed by atoms with E-state index in [9.17, 15) is 27.4 Å². The van der Waals surface area contributed by atoms with Crippen LogP contribution < -0.4 is 19.9 Å². The predicted octanol–water partition coefficient (Wildman–Crippen LogP) is 0.717. The molecule has 2 aromatic carbocycles. The number of carboxylic acids is 1. The number of hydrogen-bond donors (Lipinski definition) is 6. The second-order valence-electron chi connectivity index (χ2n) is 8.75. The second kappa shape index (κ2) is 14.8. The maximum absolute atomic E-state index is 13.1. The summed E-state index contributed by atoms with van der Waals surface area (Å²) in [5, 5.41) is 14.2. The van der Waals surface area contributed by atoms with Crippen LogP contribution in [0.4, 0.5) is 0 Å². The van der Waals surface area contributed by atoms with Crippen LogP contribution in [0.2, 0.25) is 0 Å². The molecule has 0 aliphatic carbocycles. The van der Waals surface area contributed by atoms with Gasteiger partial charge in [0.25, 0.3) is 0 Å². The van der Waals surface area contributed by atoms with Crippen molar-refractivity contribution in [3.8, 4) is 5.75 Å². The van der Waals surface area contributed by atoms with E-state index in [0.717, 1.165) is 11.8 Å². The molecule has 6 N–H and O–H groups in total. The molecule has 0 spiro atoms. The number of carbonyl (C=O) groups excluding carboxylic acids is 2. The monoisotopic (exact) mass is 585 g/mol. The number of carbonyl (C=O) groups is 3. The lowest BCUT2D eigenvalue weighted by atomic mass is 10.0. The lowest BCUT2D eigenvalue weighted by Gasteiger charge is -2.22. The fraction of sp³-hybridized carbons (Fsp3) is 0.375. The van der Waals surface area contributed by atoms with Crippen molar-refractivity contribution in [2.45, 2.75) is 44.2 Å². The molecule has 2 rings (SSSR count). The van der Waals surface area contributed by atoms with Gasteiger partial charge in [0.05, 0.1) is 6.26 Å². The van der Waals surface area contributed by atoms with E-state index in [0.29, 0.717) is 18.4 Å². The van der Waals surface area contributed by atoms with Crippen molar-refractivity contribution >= 4 is 35.6 Å². The Bertz CT molecular complexity index is 1270. The molecule has 0 bridgehead atoms. The van der Waals surface area contributed by atoms with E-state index in [2.05, 4.69) is 19.9 Å². The highest BCUT2D eigenvalue weighted by atomic mass is 32.2. The summed E-state index contributed by atoms with van der Waals surface area (Å²) in [6, 6.07) is 12.2. The van der Waals surface area contributed by atoms with E-state index in [1.807, 2.05) is 30.3 Å². The van der Waals surface area contributed by atoms with Crippen LogP contribution in [0, 0.1) is 0 Å². The van der Waals surface area contributed by atoms with Gasteiger partial charge in [0, 0.05) is 13.0 Å². The van der Waals surface area contributed by atoms with Crippen LogP contribution in [0.5, 0.6) is 5.75 Å². The summed E-state index contributed by atoms with van der Waals surface area (Å²) >= 11 is 0. The highest BCUT2D eigenvalue weighted by Crippen LogP contribution is 2.37. The number of aryl methyl sites for hydroxylation is 1. The quantitative estimate of drug-likeness (QED) is 0.120. The van der Waals surface area contributed by atoms with Crippen LogP contribution in [0.3, 0.4) is 0 Å². The number of rotatable bonds is 16. The Morgan fingerprint density at radius 2 is 1.59 bits per heavy atom. The molecule has 2 amide bonds. The van der Waals surface area contributed by atoms with E-state index in [-0.39, 0.29) is 25.1 Å². The Morgan fingerprint density at radius 1 is 0.949 bits per heavy atom. The van der Waals surface area contributed by atoms with Crippen LogP contribution in [0.1, 0.15) is 30.4 Å². The highest BCUT2D eigenvalue weighted by molar-refractivity contribution is 7.88. The highest BCUT2D eigenvalue weighted by Gasteiger charge is 2.28. The minimum absolute atomic E-state index is 0.137. The van der Waals surface area contributed by atoms with E-state index in [1.54, 1.807) is 0 Å². The lowest BCUT2D eigenvalue weighted by Crippen LogP contribution is -2.54. The smallest absolute Gasteiger partial charge is 0.481 e. The molecule has 0 fully saturated rings. The number of hydrogen-bond acceptors (Lipinski definition) is 7. The SMILES string of the molecule is CS(=O)(=O)N[C@H](Cc1ccc(OP(=O)(O)O)cc1)C(=O)N[C@@H](CCC(=O)O)C(=O)NCCCc1ccccc1. The molecule has 0 aliphatic rings. The standard InChI is InChI=1S/C24H32N3O10PS/c1-39(35,36)27-21(16-18-9-11-19(12-10-18)37-38(32,33)34)24(31)26-20(13-14-22(28)29)23(30)25-15-5-8-17-6-3-2-4-7-17/h2-4,6-7,9-12,20-21,27H,5,8,13-16H2,1H3,(H,25,30)(H,26,31)(H,28,29)(H2,32,33,34)/t20-,21+/m0/s1. The van der Waals surface area contributed by atoms with Crippen LogP contribution >= 0.6 is 7.82 Å². The molecule has 0 heterocycles. The van der Waals surface area contributed by atoms with Gasteiger partial charge in [0.2, 0.25) is 21.8 Å². The van der Waals surface area contributed by atoms with E-state index < -0.39 is 54.1 Å². The molecule has 0 saturated heterocycles. The minimum atomic E-state index is -4.77. The van der Waals surface area contributed by atoms with Crippen molar-refractivity contribution in [3.05, 3.63) is 65.7 Å². The van der Waals surface area contributed by atoms with Gasteiger partial charge in [-0.3, -0.25) is 24.2 Å². The summed E-state index contributed by atoms with van der Waals surface area (Å²) in [4.78, 5) is 54.8. The summed E-state index contributed by atoms with van der Waals surface area (Å²) in [6.45, 7) is 0.279. The average molecular weight is 586 g/mol. The maximum atomic E-state index is 13.1. The summed E-state index contributed by atoms with van der Waals surface area (Å²) in [6.07, 6.45) is 1.35. The zero-order valence-corrected chi connectivity index (χ0v) is 22.9. The van der Waals surface area contributed by atoms with Gasteiger partial charge < -0.3 is 20.3 Å². The van der Waals surface area contributed by atoms with Crippen molar-refractivity contribution in [1.82, 2.24) is 15.4 Å². The molecule has 13 nitrogen and oxygen atoms in total. The number of phosphoric ester groups is 1. The average Bonchev–Trinajstić information content (AvgIpc) is 2.83. The van der Waals surface area contributed by atoms with Crippen molar-refractivity contribution in [3.63, 3.8) is 0 Å². The molecule has 0 aromatic heterocycles. The molecular weight excluding hydrogens is 553 g/mol. The number of amides is 2. The minimum Gasteiger partial charge on any atom is -0.481 e. The van der Waals surface area contributed by atoms with Gasteiger partial charge in [-0.2, -0.15) is 0 Å². The summed E-state index contributed by atoms with van der Waals surface area (Å²) in [7, 11) is -8.65. The van der Waals surface area contributed by atoms with Gasteiger partial charge in [-0.15, -0.1) is 0 Å².